The van der Waals surface area contributed by atoms with Crippen molar-refractivity contribution in [2.45, 2.75) is 97.0 Å². The lowest BCUT2D eigenvalue weighted by Gasteiger charge is -2.13. The number of amides is 1. The number of carbonyl (C=O) groups excluding carboxylic acids is 1. The molecule has 0 unspecified atom stereocenters. The Balaban J connectivity index is 1.72. The van der Waals surface area contributed by atoms with Gasteiger partial charge in [-0.05, 0) is 43.4 Å². The predicted molar refractivity (Wildman–Crippen MR) is 110 cm³/mol. The number of aryl methyl sites for hydroxylation is 1. The lowest BCUT2D eigenvalue weighted by Crippen LogP contribution is -2.24. The van der Waals surface area contributed by atoms with Gasteiger partial charge in [0, 0.05) is 5.69 Å². The number of nitrogens with zero attached hydrogens (tertiary/aromatic N) is 1. The highest BCUT2D eigenvalue weighted by Gasteiger charge is 2.31. The molecule has 0 spiro atoms. The molecule has 0 bridgehead atoms. The molecule has 0 N–H and O–H groups in total. The van der Waals surface area contributed by atoms with Crippen LogP contribution in [0.25, 0.3) is 0 Å². The molecule has 1 aliphatic rings. The molecule has 0 aliphatic carbocycles. The first-order valence-corrected chi connectivity index (χ1v) is 10.8. The first-order valence-electron chi connectivity index (χ1n) is 10.8. The van der Waals surface area contributed by atoms with Crippen molar-refractivity contribution in [3.05, 3.63) is 29.8 Å². The number of ether oxygens (including phenoxy) is 1. The van der Waals surface area contributed by atoms with E-state index in [0.29, 0.717) is 6.54 Å². The zero-order chi connectivity index (χ0) is 18.6. The van der Waals surface area contributed by atoms with Crippen LogP contribution in [0.2, 0.25) is 0 Å². The maximum Gasteiger partial charge on any atom is 0.414 e. The van der Waals surface area contributed by atoms with E-state index in [2.05, 4.69) is 38.1 Å². The first kappa shape index (κ1) is 20.8. The third-order valence-corrected chi connectivity index (χ3v) is 5.32. The van der Waals surface area contributed by atoms with E-state index in [1.54, 1.807) is 4.90 Å². The number of unbranched alkanes of at least 4 members (excludes halogenated alkanes) is 8. The van der Waals surface area contributed by atoms with Gasteiger partial charge in [0.05, 0.1) is 6.54 Å². The third kappa shape index (κ3) is 7.01. The van der Waals surface area contributed by atoms with Gasteiger partial charge in [-0.1, -0.05) is 77.3 Å². The molecule has 3 heteroatoms. The SMILES string of the molecule is CCCCCCCCc1ccc(N2C[C@@H](CCCCCC)OC2=O)cc1. The molecule has 1 amide bonds. The zero-order valence-electron chi connectivity index (χ0n) is 16.8. The number of hydrogen-bond donors (Lipinski definition) is 0. The summed E-state index contributed by atoms with van der Waals surface area (Å²) in [6.07, 6.45) is 14.8. The molecule has 3 nitrogen and oxygen atoms in total. The van der Waals surface area contributed by atoms with Gasteiger partial charge in [-0.2, -0.15) is 0 Å². The summed E-state index contributed by atoms with van der Waals surface area (Å²) in [6, 6.07) is 8.49. The average molecular weight is 360 g/mol. The van der Waals surface area contributed by atoms with Crippen LogP contribution in [0.4, 0.5) is 10.5 Å². The Hall–Kier alpha value is -1.51. The van der Waals surface area contributed by atoms with E-state index in [4.69, 9.17) is 4.74 Å². The molecule has 26 heavy (non-hydrogen) atoms. The number of cyclic esters (lactones) is 1. The van der Waals surface area contributed by atoms with Crippen LogP contribution < -0.4 is 4.90 Å². The van der Waals surface area contributed by atoms with Gasteiger partial charge in [0.15, 0.2) is 0 Å². The van der Waals surface area contributed by atoms with Crippen LogP contribution in [-0.4, -0.2) is 18.7 Å². The smallest absolute Gasteiger partial charge is 0.414 e. The van der Waals surface area contributed by atoms with Crippen molar-refractivity contribution in [2.24, 2.45) is 0 Å². The van der Waals surface area contributed by atoms with Crippen LogP contribution in [0, 0.1) is 0 Å². The van der Waals surface area contributed by atoms with Crippen LogP contribution in [-0.2, 0) is 11.2 Å². The molecule has 1 aliphatic heterocycles. The second-order valence-electron chi connectivity index (χ2n) is 7.65. The number of carbonyl (C=O) groups is 1. The minimum Gasteiger partial charge on any atom is -0.444 e. The molecule has 2 rings (SSSR count). The molecule has 1 heterocycles. The van der Waals surface area contributed by atoms with E-state index in [-0.39, 0.29) is 12.2 Å². The maximum atomic E-state index is 12.2. The zero-order valence-corrected chi connectivity index (χ0v) is 16.8. The summed E-state index contributed by atoms with van der Waals surface area (Å²) in [4.78, 5) is 14.0. The van der Waals surface area contributed by atoms with E-state index in [9.17, 15) is 4.79 Å². The van der Waals surface area contributed by atoms with Gasteiger partial charge in [-0.25, -0.2) is 4.79 Å². The fourth-order valence-corrected chi connectivity index (χ4v) is 3.63. The lowest BCUT2D eigenvalue weighted by atomic mass is 10.0. The molecule has 0 aromatic heterocycles. The molecular formula is C23H37NO2. The van der Waals surface area contributed by atoms with Gasteiger partial charge in [0.25, 0.3) is 0 Å². The van der Waals surface area contributed by atoms with E-state index in [1.165, 1.54) is 63.4 Å². The van der Waals surface area contributed by atoms with Crippen LogP contribution in [0.1, 0.15) is 90.0 Å². The predicted octanol–water partition coefficient (Wildman–Crippen LogP) is 6.89. The highest BCUT2D eigenvalue weighted by molar-refractivity contribution is 5.89. The van der Waals surface area contributed by atoms with Crippen LogP contribution in [0.5, 0.6) is 0 Å². The Morgan fingerprint density at radius 2 is 1.50 bits per heavy atom. The minimum absolute atomic E-state index is 0.0575. The standard InChI is InChI=1S/C23H37NO2/c1-3-5-7-9-10-11-13-20-15-17-21(18-16-20)24-19-22(26-23(24)25)14-12-8-6-4-2/h15-18,22H,3-14,19H2,1-2H3/t22-/m1/s1. The summed E-state index contributed by atoms with van der Waals surface area (Å²) in [5.74, 6) is 0. The fourth-order valence-electron chi connectivity index (χ4n) is 3.63. The van der Waals surface area contributed by atoms with Gasteiger partial charge in [-0.3, -0.25) is 4.90 Å². The average Bonchev–Trinajstić information content (AvgIpc) is 3.03. The third-order valence-electron chi connectivity index (χ3n) is 5.32. The van der Waals surface area contributed by atoms with E-state index >= 15 is 0 Å². The van der Waals surface area contributed by atoms with E-state index in [1.807, 2.05) is 0 Å². The molecule has 146 valence electrons. The quantitative estimate of drug-likeness (QED) is 0.359. The molecule has 1 saturated heterocycles. The monoisotopic (exact) mass is 359 g/mol. The second kappa shape index (κ2) is 12.0. The van der Waals surface area contributed by atoms with Gasteiger partial charge >= 0.3 is 6.09 Å². The van der Waals surface area contributed by atoms with Gasteiger partial charge in [0.2, 0.25) is 0 Å². The van der Waals surface area contributed by atoms with E-state index in [0.717, 1.165) is 24.9 Å². The Morgan fingerprint density at radius 3 is 2.19 bits per heavy atom. The van der Waals surface area contributed by atoms with Crippen molar-refractivity contribution >= 4 is 11.8 Å². The molecule has 1 fully saturated rings. The minimum atomic E-state index is -0.186. The summed E-state index contributed by atoms with van der Waals surface area (Å²) in [5, 5.41) is 0. The van der Waals surface area contributed by atoms with Crippen molar-refractivity contribution in [3.63, 3.8) is 0 Å². The van der Waals surface area contributed by atoms with Crippen molar-refractivity contribution in [2.75, 3.05) is 11.4 Å². The molecular weight excluding hydrogens is 322 g/mol. The lowest BCUT2D eigenvalue weighted by molar-refractivity contribution is 0.135. The Morgan fingerprint density at radius 1 is 0.885 bits per heavy atom. The molecule has 0 radical (unpaired) electrons. The molecule has 0 saturated carbocycles. The molecule has 1 aromatic carbocycles. The number of rotatable bonds is 13. The normalized spacial score (nSPS) is 16.9. The van der Waals surface area contributed by atoms with Gasteiger partial charge in [0.1, 0.15) is 6.10 Å². The van der Waals surface area contributed by atoms with Crippen molar-refractivity contribution in [3.8, 4) is 0 Å². The summed E-state index contributed by atoms with van der Waals surface area (Å²) in [5.41, 5.74) is 2.34. The maximum absolute atomic E-state index is 12.2. The first-order chi connectivity index (χ1) is 12.7. The number of anilines is 1. The van der Waals surface area contributed by atoms with Crippen LogP contribution >= 0.6 is 0 Å². The van der Waals surface area contributed by atoms with Crippen molar-refractivity contribution in [1.82, 2.24) is 0 Å². The Bertz CT molecular complexity index is 511. The van der Waals surface area contributed by atoms with Crippen molar-refractivity contribution in [1.29, 1.82) is 0 Å². The van der Waals surface area contributed by atoms with Crippen LogP contribution in [0.3, 0.4) is 0 Å². The highest BCUT2D eigenvalue weighted by Crippen LogP contribution is 2.25. The summed E-state index contributed by atoms with van der Waals surface area (Å²) in [6.45, 7) is 5.17. The highest BCUT2D eigenvalue weighted by atomic mass is 16.6. The fraction of sp³-hybridized carbons (Fsp3) is 0.696. The molecule has 1 atom stereocenters. The summed E-state index contributed by atoms with van der Waals surface area (Å²) < 4.78 is 5.54. The summed E-state index contributed by atoms with van der Waals surface area (Å²) in [7, 11) is 0. The second-order valence-corrected chi connectivity index (χ2v) is 7.65. The van der Waals surface area contributed by atoms with Gasteiger partial charge < -0.3 is 4.74 Å². The number of benzene rings is 1. The molecule has 1 aromatic rings. The Kier molecular flexibility index (Phi) is 9.58. The van der Waals surface area contributed by atoms with Gasteiger partial charge in [-0.15, -0.1) is 0 Å². The largest absolute Gasteiger partial charge is 0.444 e. The topological polar surface area (TPSA) is 29.5 Å². The Labute approximate surface area is 160 Å². The van der Waals surface area contributed by atoms with Crippen molar-refractivity contribution < 1.29 is 9.53 Å². The van der Waals surface area contributed by atoms with E-state index < -0.39 is 0 Å². The van der Waals surface area contributed by atoms with Crippen LogP contribution in [0.15, 0.2) is 24.3 Å². The summed E-state index contributed by atoms with van der Waals surface area (Å²) >= 11 is 0. The number of hydrogen-bond acceptors (Lipinski definition) is 2.